The van der Waals surface area contributed by atoms with E-state index in [0.29, 0.717) is 57.5 Å². The van der Waals surface area contributed by atoms with E-state index < -0.39 is 47.2 Å². The van der Waals surface area contributed by atoms with Gasteiger partial charge in [-0.1, -0.05) is 45.9 Å². The van der Waals surface area contributed by atoms with Gasteiger partial charge in [-0.25, -0.2) is 5.43 Å². The van der Waals surface area contributed by atoms with Gasteiger partial charge in [-0.05, 0) is 111 Å². The lowest BCUT2D eigenvalue weighted by molar-refractivity contribution is -0.155. The number of aromatic hydroxyl groups is 1. The number of rotatable bonds is 12. The minimum Gasteiger partial charge on any atom is -0.508 e. The van der Waals surface area contributed by atoms with E-state index in [0.717, 1.165) is 44.4 Å². The predicted molar refractivity (Wildman–Crippen MR) is 264 cm³/mol. The van der Waals surface area contributed by atoms with Crippen molar-refractivity contribution in [3.8, 4) is 28.1 Å². The lowest BCUT2D eigenvalue weighted by Gasteiger charge is -2.37. The summed E-state index contributed by atoms with van der Waals surface area (Å²) >= 11 is 0. The van der Waals surface area contributed by atoms with Gasteiger partial charge in [0.1, 0.15) is 23.9 Å². The van der Waals surface area contributed by atoms with Crippen LogP contribution in [0, 0.1) is 17.3 Å². The number of benzene rings is 2. The van der Waals surface area contributed by atoms with E-state index in [-0.39, 0.29) is 49.6 Å². The first-order chi connectivity index (χ1) is 32.9. The molecule has 4 amide bonds. The number of fused-ring (bicyclic) bond motifs is 6. The number of hydrazine groups is 1. The molecule has 16 heteroatoms. The number of nitrogens with zero attached hydrogens (tertiary/aromatic N) is 6. The molecule has 3 aliphatic heterocycles. The molecule has 3 N–H and O–H groups in total. The molecule has 370 valence electrons. The average molecular weight is 947 g/mol. The van der Waals surface area contributed by atoms with Gasteiger partial charge < -0.3 is 39.2 Å². The van der Waals surface area contributed by atoms with Crippen molar-refractivity contribution in [3.05, 3.63) is 83.7 Å². The quantitative estimate of drug-likeness (QED) is 0.123. The van der Waals surface area contributed by atoms with Gasteiger partial charge in [0.15, 0.2) is 0 Å². The molecule has 0 spiro atoms. The van der Waals surface area contributed by atoms with Gasteiger partial charge in [0.25, 0.3) is 5.91 Å². The Kier molecular flexibility index (Phi) is 16.0. The zero-order valence-electron chi connectivity index (χ0n) is 41.7. The minimum absolute atomic E-state index is 0.00982. The van der Waals surface area contributed by atoms with Crippen molar-refractivity contribution in [2.45, 2.75) is 98.0 Å². The van der Waals surface area contributed by atoms with E-state index in [2.05, 4.69) is 53.2 Å². The molecule has 0 radical (unpaired) electrons. The van der Waals surface area contributed by atoms with Gasteiger partial charge >= 0.3 is 5.97 Å². The molecule has 2 fully saturated rings. The first kappa shape index (κ1) is 50.8. The highest BCUT2D eigenvalue weighted by Crippen LogP contribution is 2.41. The highest BCUT2D eigenvalue weighted by atomic mass is 16.5. The number of carbonyl (C=O) groups is 5. The van der Waals surface area contributed by atoms with E-state index in [1.165, 1.54) is 16.0 Å². The fraction of sp³-hybridized carbons (Fsp3) is 0.509. The molecular formula is C53H70N8O8. The number of esters is 1. The van der Waals surface area contributed by atoms with Crippen LogP contribution in [0.15, 0.2) is 67.0 Å². The molecule has 7 rings (SSSR count). The maximum absolute atomic E-state index is 14.8. The summed E-state index contributed by atoms with van der Waals surface area (Å²) in [4.78, 5) is 80.0. The third kappa shape index (κ3) is 11.5. The van der Waals surface area contributed by atoms with Crippen LogP contribution in [0.5, 0.6) is 5.75 Å². The number of cyclic esters (lactones) is 1. The van der Waals surface area contributed by atoms with Crippen LogP contribution in [0.4, 0.5) is 0 Å². The van der Waals surface area contributed by atoms with Crippen LogP contribution in [0.3, 0.4) is 0 Å². The maximum Gasteiger partial charge on any atom is 0.324 e. The number of phenolic OH excluding ortho intramolecular Hbond substituents is 1. The summed E-state index contributed by atoms with van der Waals surface area (Å²) < 4.78 is 14.0. The Balaban J connectivity index is 1.25. The maximum atomic E-state index is 14.8. The largest absolute Gasteiger partial charge is 0.508 e. The van der Waals surface area contributed by atoms with Crippen molar-refractivity contribution >= 4 is 40.5 Å². The molecule has 69 heavy (non-hydrogen) atoms. The standard InChI is InChI=1S/C53H70N8O8/c1-10-60-45-16-15-35-27-40(45)41(48(60)42-29-54-19-17-37(42)31-68-9)28-53(4,5)32-69-52(67)43-13-11-21-61(56-43)51(66)44(25-34-23-38(35)26-39(62)24-34)55-49(64)47(33(2)3)58(8)50(65)36-18-22-59(30-36)46(63)14-12-20-57(6)7/h12,14-17,19,23-24,26-27,29,33,36,43-44,47,56,62H,10-11,13,18,20-22,25,28,30-32H2,1-9H3,(H,55,64)/b14-12+/t36-,43-,44?,47-/m0/s1. The highest BCUT2D eigenvalue weighted by molar-refractivity contribution is 5.96. The lowest BCUT2D eigenvalue weighted by Crippen LogP contribution is -2.62. The van der Waals surface area contributed by atoms with Gasteiger partial charge in [0.2, 0.25) is 17.7 Å². The number of carbonyl (C=O) groups excluding carboxylic acids is 5. The number of amides is 4. The number of aryl methyl sites for hydroxylation is 1. The molecule has 4 aromatic rings. The van der Waals surface area contributed by atoms with Crippen LogP contribution in [0.25, 0.3) is 33.3 Å². The second kappa shape index (κ2) is 21.7. The number of methoxy groups -OCH3 is 1. The van der Waals surface area contributed by atoms with Crippen molar-refractivity contribution in [1.82, 2.24) is 40.0 Å². The smallest absolute Gasteiger partial charge is 0.324 e. The number of pyridine rings is 1. The van der Waals surface area contributed by atoms with Crippen LogP contribution < -0.4 is 10.7 Å². The van der Waals surface area contributed by atoms with Crippen molar-refractivity contribution < 1.29 is 38.6 Å². The number of ether oxygens (including phenoxy) is 2. The number of hydrogen-bond acceptors (Lipinski definition) is 11. The zero-order chi connectivity index (χ0) is 49.7. The van der Waals surface area contributed by atoms with Gasteiger partial charge in [-0.15, -0.1) is 0 Å². The predicted octanol–water partition coefficient (Wildman–Crippen LogP) is 5.34. The van der Waals surface area contributed by atoms with E-state index in [9.17, 15) is 29.1 Å². The summed E-state index contributed by atoms with van der Waals surface area (Å²) in [6.45, 7) is 12.7. The summed E-state index contributed by atoms with van der Waals surface area (Å²) in [6, 6.07) is 10.5. The van der Waals surface area contributed by atoms with Gasteiger partial charge in [-0.2, -0.15) is 0 Å². The molecule has 16 nitrogen and oxygen atoms in total. The van der Waals surface area contributed by atoms with Crippen LogP contribution in [-0.2, 0) is 59.4 Å². The number of likely N-dealkylation sites (tertiary alicyclic amines) is 1. The van der Waals surface area contributed by atoms with E-state index >= 15 is 0 Å². The average Bonchev–Trinajstić information content (AvgIpc) is 3.93. The van der Waals surface area contributed by atoms with Crippen molar-refractivity contribution in [3.63, 3.8) is 0 Å². The number of likely N-dealkylation sites (N-methyl/N-ethyl adjacent to an activating group) is 2. The number of hydrogen-bond donors (Lipinski definition) is 3. The summed E-state index contributed by atoms with van der Waals surface area (Å²) in [5.74, 6) is -2.75. The molecule has 2 saturated heterocycles. The first-order valence-electron chi connectivity index (χ1n) is 24.2. The third-order valence-corrected chi connectivity index (χ3v) is 13.6. The summed E-state index contributed by atoms with van der Waals surface area (Å²) in [5.41, 5.74) is 9.74. The lowest BCUT2D eigenvalue weighted by atomic mass is 9.84. The molecule has 2 aromatic carbocycles. The molecule has 6 bridgehead atoms. The molecule has 0 saturated carbocycles. The van der Waals surface area contributed by atoms with Gasteiger partial charge in [0, 0.05) is 93.7 Å². The summed E-state index contributed by atoms with van der Waals surface area (Å²) in [5, 5.41) is 16.8. The van der Waals surface area contributed by atoms with Crippen molar-refractivity contribution in [2.75, 3.05) is 61.0 Å². The first-order valence-corrected chi connectivity index (χ1v) is 24.2. The van der Waals surface area contributed by atoms with Crippen molar-refractivity contribution in [2.24, 2.45) is 17.3 Å². The van der Waals surface area contributed by atoms with E-state index in [1.807, 2.05) is 57.2 Å². The molecule has 3 aliphatic rings. The fourth-order valence-electron chi connectivity index (χ4n) is 10.2. The third-order valence-electron chi connectivity index (χ3n) is 13.6. The molecule has 1 unspecified atom stereocenters. The van der Waals surface area contributed by atoms with Crippen LogP contribution >= 0.6 is 0 Å². The van der Waals surface area contributed by atoms with E-state index in [1.54, 1.807) is 43.5 Å². The number of phenols is 1. The van der Waals surface area contributed by atoms with E-state index in [4.69, 9.17) is 9.47 Å². The number of aromatic nitrogens is 2. The topological polar surface area (TPSA) is 179 Å². The zero-order valence-corrected chi connectivity index (χ0v) is 41.7. The highest BCUT2D eigenvalue weighted by Gasteiger charge is 2.40. The minimum atomic E-state index is -1.17. The Morgan fingerprint density at radius 3 is 2.57 bits per heavy atom. The van der Waals surface area contributed by atoms with Crippen LogP contribution in [-0.4, -0.2) is 143 Å². The molecule has 4 atom stereocenters. The molecule has 2 aromatic heterocycles. The summed E-state index contributed by atoms with van der Waals surface area (Å²) in [7, 11) is 7.10. The Bertz CT molecular complexity index is 2580. The molecular weight excluding hydrogens is 877 g/mol. The molecule has 0 aliphatic carbocycles. The Morgan fingerprint density at radius 2 is 1.84 bits per heavy atom. The van der Waals surface area contributed by atoms with Gasteiger partial charge in [-0.3, -0.25) is 34.0 Å². The van der Waals surface area contributed by atoms with Gasteiger partial charge in [0.05, 0.1) is 24.8 Å². The second-order valence-corrected chi connectivity index (χ2v) is 20.3. The fourth-order valence-corrected chi connectivity index (χ4v) is 10.2. The van der Waals surface area contributed by atoms with Crippen LogP contribution in [0.2, 0.25) is 0 Å². The van der Waals surface area contributed by atoms with Crippen LogP contribution in [0.1, 0.15) is 70.6 Å². The molecule has 5 heterocycles. The monoisotopic (exact) mass is 947 g/mol. The SMILES string of the molecule is CCn1c(-c2cnccc2COC)c2c3cc(ccc31)-c1cc(O)cc(c1)CC(NC(=O)[C@H](C(C)C)N(C)C(=O)[C@H]1CCN(C(=O)/C=C/CN(C)C)C1)C(=O)N1CCC[C@H](N1)C(=O)OCC(C)(C)C2. The Hall–Kier alpha value is -6.10. The number of nitrogens with one attached hydrogen (secondary N) is 2. The van der Waals surface area contributed by atoms with Crippen molar-refractivity contribution in [1.29, 1.82) is 0 Å². The Labute approximate surface area is 406 Å². The second-order valence-electron chi connectivity index (χ2n) is 20.3. The Morgan fingerprint density at radius 1 is 1.06 bits per heavy atom. The normalized spacial score (nSPS) is 20.4. The summed E-state index contributed by atoms with van der Waals surface area (Å²) in [6.07, 6.45) is 8.92.